The number of carbonyl (C=O) groups is 1. The van der Waals surface area contributed by atoms with Crippen LogP contribution in [0.1, 0.15) is 12.8 Å². The van der Waals surface area contributed by atoms with Crippen molar-refractivity contribution in [3.8, 4) is 0 Å². The lowest BCUT2D eigenvalue weighted by Gasteiger charge is -2.36. The molecule has 10 heteroatoms. The van der Waals surface area contributed by atoms with Crippen molar-refractivity contribution >= 4 is 39.8 Å². The quantitative estimate of drug-likeness (QED) is 0.668. The smallest absolute Gasteiger partial charge is 0.233 e. The van der Waals surface area contributed by atoms with Crippen LogP contribution in [0, 0.1) is 5.82 Å². The van der Waals surface area contributed by atoms with Crippen LogP contribution in [0.3, 0.4) is 0 Å². The molecule has 0 saturated carbocycles. The zero-order chi connectivity index (χ0) is 20.1. The van der Waals surface area contributed by atoms with Crippen molar-refractivity contribution < 1.29 is 13.9 Å². The van der Waals surface area contributed by atoms with Crippen LogP contribution in [-0.2, 0) is 9.53 Å². The number of benzene rings is 1. The van der Waals surface area contributed by atoms with Crippen molar-refractivity contribution in [1.29, 1.82) is 0 Å². The van der Waals surface area contributed by atoms with Gasteiger partial charge in [-0.05, 0) is 37.1 Å². The van der Waals surface area contributed by atoms with Crippen LogP contribution in [0.5, 0.6) is 0 Å². The Labute approximate surface area is 177 Å². The molecule has 156 valence electrons. The zero-order valence-corrected chi connectivity index (χ0v) is 17.7. The lowest BCUT2D eigenvalue weighted by molar-refractivity contribution is -0.128. The third-order valence-electron chi connectivity index (χ3n) is 5.05. The minimum Gasteiger partial charge on any atom is -0.376 e. The number of piperazine rings is 1. The summed E-state index contributed by atoms with van der Waals surface area (Å²) in [5, 5.41) is 12.3. The average molecular weight is 438 g/mol. The number of nitrogens with one attached hydrogen (secondary N) is 1. The second kappa shape index (κ2) is 9.73. The van der Waals surface area contributed by atoms with Gasteiger partial charge in [-0.25, -0.2) is 4.39 Å². The fraction of sp³-hybridized carbons (Fsp3) is 0.526. The molecule has 2 fully saturated rings. The Bertz CT molecular complexity index is 805. The van der Waals surface area contributed by atoms with Gasteiger partial charge in [-0.3, -0.25) is 4.79 Å². The highest BCUT2D eigenvalue weighted by Gasteiger charge is 2.22. The Morgan fingerprint density at radius 1 is 1.24 bits per heavy atom. The number of nitrogens with zero attached hydrogens (tertiary/aromatic N) is 4. The number of hydrogen-bond donors (Lipinski definition) is 1. The predicted molar refractivity (Wildman–Crippen MR) is 113 cm³/mol. The molecule has 1 aromatic heterocycles. The van der Waals surface area contributed by atoms with Crippen LogP contribution in [0.4, 0.5) is 15.2 Å². The summed E-state index contributed by atoms with van der Waals surface area (Å²) in [5.74, 6) is 0.232. The normalized spacial score (nSPS) is 19.6. The summed E-state index contributed by atoms with van der Waals surface area (Å²) in [4.78, 5) is 16.6. The Morgan fingerprint density at radius 3 is 2.76 bits per heavy atom. The van der Waals surface area contributed by atoms with E-state index in [4.69, 9.17) is 4.74 Å². The maximum absolute atomic E-state index is 13.1. The highest BCUT2D eigenvalue weighted by Crippen LogP contribution is 2.26. The average Bonchev–Trinajstić information content (AvgIpc) is 3.43. The Hall–Kier alpha value is -1.91. The molecule has 0 spiro atoms. The molecule has 2 aromatic rings. The summed E-state index contributed by atoms with van der Waals surface area (Å²) in [6, 6.07) is 6.50. The lowest BCUT2D eigenvalue weighted by atomic mass is 10.2. The molecule has 0 aliphatic carbocycles. The largest absolute Gasteiger partial charge is 0.376 e. The molecule has 1 atom stereocenters. The first-order valence-electron chi connectivity index (χ1n) is 9.77. The summed E-state index contributed by atoms with van der Waals surface area (Å²) in [6.07, 6.45) is 2.45. The Morgan fingerprint density at radius 2 is 2.03 bits per heavy atom. The SMILES string of the molecule is O=C(CSc1nnc(NC[C@H]2CCCO2)s1)N1CCN(c2ccc(F)cc2)CC1. The first-order chi connectivity index (χ1) is 14.2. The third kappa shape index (κ3) is 5.58. The second-order valence-electron chi connectivity index (χ2n) is 7.02. The first-order valence-corrected chi connectivity index (χ1v) is 11.6. The number of carbonyl (C=O) groups excluding carboxylic acids is 1. The lowest BCUT2D eigenvalue weighted by Crippen LogP contribution is -2.49. The molecule has 0 bridgehead atoms. The van der Waals surface area contributed by atoms with Gasteiger partial charge in [-0.2, -0.15) is 0 Å². The van der Waals surface area contributed by atoms with Gasteiger partial charge in [0, 0.05) is 45.0 Å². The minimum atomic E-state index is -0.235. The molecule has 2 aliphatic rings. The molecule has 2 aliphatic heterocycles. The third-order valence-corrected chi connectivity index (χ3v) is 7.05. The van der Waals surface area contributed by atoms with E-state index in [0.717, 1.165) is 54.2 Å². The highest BCUT2D eigenvalue weighted by atomic mass is 32.2. The van der Waals surface area contributed by atoms with E-state index in [1.807, 2.05) is 4.90 Å². The predicted octanol–water partition coefficient (Wildman–Crippen LogP) is 2.71. The van der Waals surface area contributed by atoms with Gasteiger partial charge in [0.25, 0.3) is 0 Å². The van der Waals surface area contributed by atoms with Crippen molar-refractivity contribution in [2.75, 3.05) is 55.3 Å². The Balaban J connectivity index is 1.19. The van der Waals surface area contributed by atoms with Crippen LogP contribution in [0.2, 0.25) is 0 Å². The number of aromatic nitrogens is 2. The molecule has 1 amide bonds. The van der Waals surface area contributed by atoms with E-state index in [0.29, 0.717) is 18.8 Å². The maximum Gasteiger partial charge on any atom is 0.233 e. The van der Waals surface area contributed by atoms with Crippen LogP contribution >= 0.6 is 23.1 Å². The summed E-state index contributed by atoms with van der Waals surface area (Å²) in [5.41, 5.74) is 0.991. The standard InChI is InChI=1S/C19H24FN5O2S2/c20-14-3-5-15(6-4-14)24-7-9-25(10-8-24)17(26)13-28-19-23-22-18(29-19)21-12-16-2-1-11-27-16/h3-6,16H,1-2,7-13H2,(H,21,22)/t16-/m1/s1. The van der Waals surface area contributed by atoms with E-state index in [1.165, 1.54) is 35.2 Å². The van der Waals surface area contributed by atoms with Gasteiger partial charge in [-0.15, -0.1) is 10.2 Å². The van der Waals surface area contributed by atoms with Crippen molar-refractivity contribution in [1.82, 2.24) is 15.1 Å². The van der Waals surface area contributed by atoms with Crippen LogP contribution in [-0.4, -0.2) is 72.2 Å². The fourth-order valence-corrected chi connectivity index (χ4v) is 5.09. The maximum atomic E-state index is 13.1. The number of amides is 1. The molecular formula is C19H24FN5O2S2. The highest BCUT2D eigenvalue weighted by molar-refractivity contribution is 8.01. The van der Waals surface area contributed by atoms with Gasteiger partial charge in [0.2, 0.25) is 11.0 Å². The number of rotatable bonds is 7. The zero-order valence-electron chi connectivity index (χ0n) is 16.1. The Kier molecular flexibility index (Phi) is 6.83. The van der Waals surface area contributed by atoms with Crippen LogP contribution < -0.4 is 10.2 Å². The van der Waals surface area contributed by atoms with E-state index < -0.39 is 0 Å². The van der Waals surface area contributed by atoms with Crippen molar-refractivity contribution in [3.05, 3.63) is 30.1 Å². The molecule has 2 saturated heterocycles. The van der Waals surface area contributed by atoms with Crippen molar-refractivity contribution in [2.24, 2.45) is 0 Å². The fourth-order valence-electron chi connectivity index (χ4n) is 3.43. The van der Waals surface area contributed by atoms with Crippen molar-refractivity contribution in [3.63, 3.8) is 0 Å². The number of anilines is 2. The molecule has 29 heavy (non-hydrogen) atoms. The molecular weight excluding hydrogens is 413 g/mol. The van der Waals surface area contributed by atoms with Gasteiger partial charge in [-0.1, -0.05) is 23.1 Å². The van der Waals surface area contributed by atoms with Crippen LogP contribution in [0.15, 0.2) is 28.6 Å². The topological polar surface area (TPSA) is 70.6 Å². The second-order valence-corrected chi connectivity index (χ2v) is 9.22. The molecule has 1 N–H and O–H groups in total. The van der Waals surface area contributed by atoms with Crippen molar-refractivity contribution in [2.45, 2.75) is 23.3 Å². The summed E-state index contributed by atoms with van der Waals surface area (Å²) in [7, 11) is 0. The van der Waals surface area contributed by atoms with E-state index in [-0.39, 0.29) is 17.8 Å². The molecule has 7 nitrogen and oxygen atoms in total. The van der Waals surface area contributed by atoms with Gasteiger partial charge < -0.3 is 19.9 Å². The van der Waals surface area contributed by atoms with Crippen LogP contribution in [0.25, 0.3) is 0 Å². The minimum absolute atomic E-state index is 0.109. The summed E-state index contributed by atoms with van der Waals surface area (Å²) in [6.45, 7) is 4.42. The van der Waals surface area contributed by atoms with Gasteiger partial charge >= 0.3 is 0 Å². The molecule has 1 aromatic carbocycles. The van der Waals surface area contributed by atoms with Gasteiger partial charge in [0.15, 0.2) is 4.34 Å². The number of hydrogen-bond acceptors (Lipinski definition) is 8. The number of thioether (sulfide) groups is 1. The molecule has 3 heterocycles. The van der Waals surface area contributed by atoms with Gasteiger partial charge in [0.1, 0.15) is 5.82 Å². The van der Waals surface area contributed by atoms with E-state index in [2.05, 4.69) is 20.4 Å². The first kappa shape index (κ1) is 20.4. The molecule has 4 rings (SSSR count). The van der Waals surface area contributed by atoms with Gasteiger partial charge in [0.05, 0.1) is 11.9 Å². The monoisotopic (exact) mass is 437 g/mol. The number of ether oxygens (including phenoxy) is 1. The van der Waals surface area contributed by atoms with E-state index in [9.17, 15) is 9.18 Å². The molecule has 0 radical (unpaired) electrons. The number of halogens is 1. The van der Waals surface area contributed by atoms with E-state index in [1.54, 1.807) is 12.1 Å². The summed E-state index contributed by atoms with van der Waals surface area (Å²) >= 11 is 2.90. The summed E-state index contributed by atoms with van der Waals surface area (Å²) < 4.78 is 19.4. The molecule has 0 unspecified atom stereocenters. The van der Waals surface area contributed by atoms with E-state index >= 15 is 0 Å².